The quantitative estimate of drug-likeness (QED) is 0.643. The van der Waals surface area contributed by atoms with E-state index in [1.54, 1.807) is 0 Å². The Morgan fingerprint density at radius 1 is 0.950 bits per heavy atom. The van der Waals surface area contributed by atoms with Gasteiger partial charge in [0.25, 0.3) is 0 Å². The van der Waals surface area contributed by atoms with Crippen molar-refractivity contribution >= 4 is 5.69 Å². The summed E-state index contributed by atoms with van der Waals surface area (Å²) in [4.78, 5) is 0. The van der Waals surface area contributed by atoms with Crippen molar-refractivity contribution in [3.63, 3.8) is 0 Å². The summed E-state index contributed by atoms with van der Waals surface area (Å²) >= 11 is 0. The lowest BCUT2D eigenvalue weighted by Gasteiger charge is -2.12. The minimum atomic E-state index is 0.819. The molecule has 0 aliphatic rings. The molecule has 0 saturated carbocycles. The van der Waals surface area contributed by atoms with Crippen molar-refractivity contribution < 1.29 is 0 Å². The van der Waals surface area contributed by atoms with Crippen LogP contribution in [0.2, 0.25) is 0 Å². The SMILES string of the molecule is Cc1cc(C)c(CCNCc2ccc(N)cc2)c(C)c1. The van der Waals surface area contributed by atoms with E-state index in [4.69, 9.17) is 5.73 Å². The van der Waals surface area contributed by atoms with Crippen molar-refractivity contribution in [2.24, 2.45) is 0 Å². The third-order valence-electron chi connectivity index (χ3n) is 3.70. The zero-order chi connectivity index (χ0) is 14.5. The van der Waals surface area contributed by atoms with Gasteiger partial charge in [0, 0.05) is 12.2 Å². The molecule has 0 aliphatic heterocycles. The van der Waals surface area contributed by atoms with Crippen molar-refractivity contribution in [3.05, 3.63) is 64.2 Å². The highest BCUT2D eigenvalue weighted by Gasteiger charge is 2.03. The van der Waals surface area contributed by atoms with E-state index in [2.05, 4.69) is 50.4 Å². The number of benzene rings is 2. The third-order valence-corrected chi connectivity index (χ3v) is 3.70. The van der Waals surface area contributed by atoms with Gasteiger partial charge in [0.15, 0.2) is 0 Å². The van der Waals surface area contributed by atoms with E-state index >= 15 is 0 Å². The van der Waals surface area contributed by atoms with Crippen LogP contribution < -0.4 is 11.1 Å². The van der Waals surface area contributed by atoms with Crippen LogP contribution >= 0.6 is 0 Å². The topological polar surface area (TPSA) is 38.0 Å². The number of nitrogen functional groups attached to an aromatic ring is 1. The fraction of sp³-hybridized carbons (Fsp3) is 0.333. The van der Waals surface area contributed by atoms with Crippen LogP contribution in [-0.4, -0.2) is 6.54 Å². The molecule has 3 N–H and O–H groups in total. The minimum absolute atomic E-state index is 0.819. The Hall–Kier alpha value is -1.80. The van der Waals surface area contributed by atoms with Crippen LogP contribution in [0.4, 0.5) is 5.69 Å². The Balaban J connectivity index is 1.86. The molecule has 2 aromatic carbocycles. The highest BCUT2D eigenvalue weighted by atomic mass is 14.8. The molecule has 106 valence electrons. The molecule has 0 aliphatic carbocycles. The predicted octanol–water partition coefficient (Wildman–Crippen LogP) is 3.53. The lowest BCUT2D eigenvalue weighted by atomic mass is 9.97. The number of hydrogen-bond acceptors (Lipinski definition) is 2. The molecule has 20 heavy (non-hydrogen) atoms. The first-order valence-electron chi connectivity index (χ1n) is 7.18. The maximum Gasteiger partial charge on any atom is 0.0314 e. The molecule has 2 rings (SSSR count). The van der Waals surface area contributed by atoms with E-state index in [1.807, 2.05) is 12.1 Å². The number of anilines is 1. The molecule has 0 saturated heterocycles. The molecule has 0 unspecified atom stereocenters. The smallest absolute Gasteiger partial charge is 0.0314 e. The van der Waals surface area contributed by atoms with Crippen LogP contribution in [0.15, 0.2) is 36.4 Å². The molecule has 2 aromatic rings. The lowest BCUT2D eigenvalue weighted by molar-refractivity contribution is 0.684. The summed E-state index contributed by atoms with van der Waals surface area (Å²) in [6.07, 6.45) is 1.08. The number of aryl methyl sites for hydroxylation is 3. The van der Waals surface area contributed by atoms with Crippen LogP contribution in [0, 0.1) is 20.8 Å². The zero-order valence-corrected chi connectivity index (χ0v) is 12.7. The van der Waals surface area contributed by atoms with Gasteiger partial charge in [-0.1, -0.05) is 29.8 Å². The average molecular weight is 268 g/mol. The third kappa shape index (κ3) is 3.84. The number of hydrogen-bond donors (Lipinski definition) is 2. The first-order chi connectivity index (χ1) is 9.56. The molecule has 2 heteroatoms. The summed E-state index contributed by atoms with van der Waals surface area (Å²) in [6, 6.07) is 12.6. The fourth-order valence-electron chi connectivity index (χ4n) is 2.69. The van der Waals surface area contributed by atoms with Crippen molar-refractivity contribution in [3.8, 4) is 0 Å². The van der Waals surface area contributed by atoms with Gasteiger partial charge in [-0.05, 0) is 68.1 Å². The lowest BCUT2D eigenvalue weighted by Crippen LogP contribution is -2.17. The predicted molar refractivity (Wildman–Crippen MR) is 86.9 cm³/mol. The van der Waals surface area contributed by atoms with Gasteiger partial charge in [0.1, 0.15) is 0 Å². The monoisotopic (exact) mass is 268 g/mol. The molecule has 0 spiro atoms. The maximum absolute atomic E-state index is 5.68. The van der Waals surface area contributed by atoms with Gasteiger partial charge in [0.2, 0.25) is 0 Å². The highest BCUT2D eigenvalue weighted by molar-refractivity contribution is 5.39. The van der Waals surface area contributed by atoms with E-state index in [-0.39, 0.29) is 0 Å². The normalized spacial score (nSPS) is 10.8. The Kier molecular flexibility index (Phi) is 4.80. The van der Waals surface area contributed by atoms with Crippen LogP contribution in [0.3, 0.4) is 0 Å². The maximum atomic E-state index is 5.68. The highest BCUT2D eigenvalue weighted by Crippen LogP contribution is 2.16. The summed E-state index contributed by atoms with van der Waals surface area (Å²) in [6.45, 7) is 8.45. The van der Waals surface area contributed by atoms with Crippen molar-refractivity contribution in [2.45, 2.75) is 33.7 Å². The molecule has 0 atom stereocenters. The molecular weight excluding hydrogens is 244 g/mol. The van der Waals surface area contributed by atoms with Gasteiger partial charge in [-0.2, -0.15) is 0 Å². The summed E-state index contributed by atoms with van der Waals surface area (Å²) in [7, 11) is 0. The van der Waals surface area contributed by atoms with Crippen LogP contribution in [0.1, 0.15) is 27.8 Å². The van der Waals surface area contributed by atoms with Crippen molar-refractivity contribution in [1.82, 2.24) is 5.32 Å². The van der Waals surface area contributed by atoms with E-state index < -0.39 is 0 Å². The van der Waals surface area contributed by atoms with Gasteiger partial charge in [-0.25, -0.2) is 0 Å². The van der Waals surface area contributed by atoms with E-state index in [9.17, 15) is 0 Å². The molecule has 0 aromatic heterocycles. The van der Waals surface area contributed by atoms with Gasteiger partial charge >= 0.3 is 0 Å². The number of nitrogens with one attached hydrogen (secondary N) is 1. The molecule has 0 fully saturated rings. The van der Waals surface area contributed by atoms with Crippen LogP contribution in [0.5, 0.6) is 0 Å². The summed E-state index contributed by atoms with van der Waals surface area (Å²) in [5, 5.41) is 3.50. The van der Waals surface area contributed by atoms with Gasteiger partial charge < -0.3 is 11.1 Å². The van der Waals surface area contributed by atoms with Gasteiger partial charge in [0.05, 0.1) is 0 Å². The first-order valence-corrected chi connectivity index (χ1v) is 7.18. The Bertz CT molecular complexity index is 547. The molecule has 0 heterocycles. The zero-order valence-electron chi connectivity index (χ0n) is 12.7. The van der Waals surface area contributed by atoms with Gasteiger partial charge in [-0.3, -0.25) is 0 Å². The van der Waals surface area contributed by atoms with Crippen molar-refractivity contribution in [1.29, 1.82) is 0 Å². The second-order valence-corrected chi connectivity index (χ2v) is 5.55. The van der Waals surface area contributed by atoms with Crippen molar-refractivity contribution in [2.75, 3.05) is 12.3 Å². The second kappa shape index (κ2) is 6.58. The summed E-state index contributed by atoms with van der Waals surface area (Å²) in [5.74, 6) is 0. The van der Waals surface area contributed by atoms with E-state index in [0.717, 1.165) is 25.2 Å². The standard InChI is InChI=1S/C18H24N2/c1-13-10-14(2)18(15(3)11-13)8-9-20-12-16-4-6-17(19)7-5-16/h4-7,10-11,20H,8-9,12,19H2,1-3H3. The molecule has 0 radical (unpaired) electrons. The molecule has 0 amide bonds. The van der Waals surface area contributed by atoms with Crippen LogP contribution in [0.25, 0.3) is 0 Å². The number of rotatable bonds is 5. The fourth-order valence-corrected chi connectivity index (χ4v) is 2.69. The van der Waals surface area contributed by atoms with Gasteiger partial charge in [-0.15, -0.1) is 0 Å². The van der Waals surface area contributed by atoms with Crippen LogP contribution in [-0.2, 0) is 13.0 Å². The Morgan fingerprint density at radius 2 is 1.55 bits per heavy atom. The molecule has 2 nitrogen and oxygen atoms in total. The first kappa shape index (κ1) is 14.6. The second-order valence-electron chi connectivity index (χ2n) is 5.55. The Labute approximate surface area is 122 Å². The largest absolute Gasteiger partial charge is 0.399 e. The average Bonchev–Trinajstić information content (AvgIpc) is 2.39. The van der Waals surface area contributed by atoms with E-state index in [0.29, 0.717) is 0 Å². The minimum Gasteiger partial charge on any atom is -0.399 e. The summed E-state index contributed by atoms with van der Waals surface area (Å²) < 4.78 is 0. The number of nitrogens with two attached hydrogens (primary N) is 1. The van der Waals surface area contributed by atoms with E-state index in [1.165, 1.54) is 27.8 Å². The summed E-state index contributed by atoms with van der Waals surface area (Å²) in [5.41, 5.74) is 13.4. The molecular formula is C18H24N2. The molecule has 0 bridgehead atoms. The Morgan fingerprint density at radius 3 is 2.15 bits per heavy atom.